The Morgan fingerprint density at radius 2 is 1.93 bits per heavy atom. The Bertz CT molecular complexity index is 288. The van der Waals surface area contributed by atoms with Crippen molar-refractivity contribution in [2.75, 3.05) is 5.73 Å². The largest absolute Gasteiger partial charge is 0.381 e. The number of nitrogens with zero attached hydrogens (tertiary/aromatic N) is 3. The fourth-order valence-corrected chi connectivity index (χ4v) is 1.47. The molecule has 0 bridgehead atoms. The lowest BCUT2D eigenvalue weighted by Gasteiger charge is -2.10. The van der Waals surface area contributed by atoms with E-state index in [0.717, 1.165) is 18.7 Å². The van der Waals surface area contributed by atoms with Crippen molar-refractivity contribution >= 4 is 5.82 Å². The van der Waals surface area contributed by atoms with Crippen LogP contribution in [0.1, 0.15) is 45.7 Å². The van der Waals surface area contributed by atoms with Crippen LogP contribution in [0.3, 0.4) is 0 Å². The summed E-state index contributed by atoms with van der Waals surface area (Å²) in [7, 11) is 0. The zero-order chi connectivity index (χ0) is 10.7. The molecule has 0 aliphatic rings. The van der Waals surface area contributed by atoms with E-state index in [2.05, 4.69) is 38.0 Å². The van der Waals surface area contributed by atoms with E-state index in [-0.39, 0.29) is 0 Å². The molecule has 0 saturated carbocycles. The molecule has 0 aliphatic heterocycles. The van der Waals surface area contributed by atoms with E-state index >= 15 is 0 Å². The summed E-state index contributed by atoms with van der Waals surface area (Å²) in [4.78, 5) is 0. The van der Waals surface area contributed by atoms with Crippen molar-refractivity contribution in [3.63, 3.8) is 0 Å². The highest BCUT2D eigenvalue weighted by Crippen LogP contribution is 2.19. The molecule has 0 radical (unpaired) electrons. The highest BCUT2D eigenvalue weighted by Gasteiger charge is 2.13. The van der Waals surface area contributed by atoms with Crippen LogP contribution in [0.4, 0.5) is 5.82 Å². The molecule has 2 N–H and O–H groups in total. The number of nitrogens with two attached hydrogens (primary N) is 1. The molecule has 1 rings (SSSR count). The van der Waals surface area contributed by atoms with Gasteiger partial charge in [-0.25, -0.2) is 4.68 Å². The molecule has 0 atom stereocenters. The average molecular weight is 196 g/mol. The van der Waals surface area contributed by atoms with Crippen molar-refractivity contribution in [2.24, 2.45) is 5.92 Å². The summed E-state index contributed by atoms with van der Waals surface area (Å²) < 4.78 is 1.93. The van der Waals surface area contributed by atoms with Gasteiger partial charge in [0, 0.05) is 6.54 Å². The van der Waals surface area contributed by atoms with E-state index in [1.807, 2.05) is 4.68 Å². The second-order valence-electron chi connectivity index (χ2n) is 4.42. The minimum atomic E-state index is 0.386. The molecule has 1 aromatic heterocycles. The lowest BCUT2D eigenvalue weighted by atomic mass is 10.1. The SMILES string of the molecule is CC(C)CCn1nnc(N)c1C(C)C. The van der Waals surface area contributed by atoms with Crippen molar-refractivity contribution in [3.05, 3.63) is 5.69 Å². The molecule has 80 valence electrons. The first-order chi connectivity index (χ1) is 6.52. The molecule has 0 spiro atoms. The predicted molar refractivity (Wildman–Crippen MR) is 58.0 cm³/mol. The van der Waals surface area contributed by atoms with E-state index < -0.39 is 0 Å². The first-order valence-corrected chi connectivity index (χ1v) is 5.21. The maximum Gasteiger partial charge on any atom is 0.169 e. The van der Waals surface area contributed by atoms with Crippen LogP contribution >= 0.6 is 0 Å². The zero-order valence-corrected chi connectivity index (χ0v) is 9.49. The van der Waals surface area contributed by atoms with Gasteiger partial charge in [-0.3, -0.25) is 0 Å². The molecular formula is C10H20N4. The minimum absolute atomic E-state index is 0.386. The molecule has 1 heterocycles. The van der Waals surface area contributed by atoms with Gasteiger partial charge in [0.15, 0.2) is 5.82 Å². The average Bonchev–Trinajstić information content (AvgIpc) is 2.43. The number of hydrogen-bond acceptors (Lipinski definition) is 3. The number of aromatic nitrogens is 3. The molecule has 1 aromatic rings. The third kappa shape index (κ3) is 2.47. The molecule has 0 aliphatic carbocycles. The summed E-state index contributed by atoms with van der Waals surface area (Å²) in [6.07, 6.45) is 1.11. The third-order valence-corrected chi connectivity index (χ3v) is 2.27. The third-order valence-electron chi connectivity index (χ3n) is 2.27. The first-order valence-electron chi connectivity index (χ1n) is 5.21. The van der Waals surface area contributed by atoms with Gasteiger partial charge in [-0.1, -0.05) is 32.9 Å². The Morgan fingerprint density at radius 1 is 1.29 bits per heavy atom. The molecule has 4 nitrogen and oxygen atoms in total. The molecule has 0 fully saturated rings. The topological polar surface area (TPSA) is 56.7 Å². The van der Waals surface area contributed by atoms with Crippen LogP contribution in [0.15, 0.2) is 0 Å². The van der Waals surface area contributed by atoms with E-state index in [9.17, 15) is 0 Å². The lowest BCUT2D eigenvalue weighted by molar-refractivity contribution is 0.462. The second kappa shape index (κ2) is 4.44. The molecule has 4 heteroatoms. The van der Waals surface area contributed by atoms with Gasteiger partial charge in [-0.15, -0.1) is 5.10 Å². The Morgan fingerprint density at radius 3 is 2.43 bits per heavy atom. The normalized spacial score (nSPS) is 11.6. The van der Waals surface area contributed by atoms with Gasteiger partial charge in [0.25, 0.3) is 0 Å². The van der Waals surface area contributed by atoms with Crippen LogP contribution < -0.4 is 5.73 Å². The van der Waals surface area contributed by atoms with Gasteiger partial charge in [-0.05, 0) is 18.3 Å². The number of rotatable bonds is 4. The highest BCUT2D eigenvalue weighted by atomic mass is 15.4. The summed E-state index contributed by atoms with van der Waals surface area (Å²) in [5, 5.41) is 7.96. The minimum Gasteiger partial charge on any atom is -0.381 e. The highest BCUT2D eigenvalue weighted by molar-refractivity contribution is 5.34. The Balaban J connectivity index is 2.76. The molecule has 0 amide bonds. The first kappa shape index (κ1) is 11.0. The number of nitrogen functional groups attached to an aromatic ring is 1. The Labute approximate surface area is 85.5 Å². The van der Waals surface area contributed by atoms with E-state index in [1.54, 1.807) is 0 Å². The van der Waals surface area contributed by atoms with Gasteiger partial charge in [0.2, 0.25) is 0 Å². The van der Waals surface area contributed by atoms with E-state index in [1.165, 1.54) is 0 Å². The zero-order valence-electron chi connectivity index (χ0n) is 9.49. The monoisotopic (exact) mass is 196 g/mol. The standard InChI is InChI=1S/C10H20N4/c1-7(2)5-6-14-9(8(3)4)10(11)12-13-14/h7-8H,5-6,11H2,1-4H3. The fourth-order valence-electron chi connectivity index (χ4n) is 1.47. The van der Waals surface area contributed by atoms with Crippen LogP contribution in [-0.4, -0.2) is 15.0 Å². The van der Waals surface area contributed by atoms with Crippen LogP contribution in [0.2, 0.25) is 0 Å². The molecular weight excluding hydrogens is 176 g/mol. The van der Waals surface area contributed by atoms with E-state index in [0.29, 0.717) is 17.7 Å². The number of aryl methyl sites for hydroxylation is 1. The summed E-state index contributed by atoms with van der Waals surface area (Å²) in [5.41, 5.74) is 6.82. The molecule has 0 saturated heterocycles. The maximum absolute atomic E-state index is 5.75. The summed E-state index contributed by atoms with van der Waals surface area (Å²) in [6.45, 7) is 9.54. The summed E-state index contributed by atoms with van der Waals surface area (Å²) >= 11 is 0. The lowest BCUT2D eigenvalue weighted by Crippen LogP contribution is -2.09. The van der Waals surface area contributed by atoms with Crippen LogP contribution in [0, 0.1) is 5.92 Å². The fraction of sp³-hybridized carbons (Fsp3) is 0.800. The Kier molecular flexibility index (Phi) is 3.49. The molecule has 0 aromatic carbocycles. The second-order valence-corrected chi connectivity index (χ2v) is 4.42. The van der Waals surface area contributed by atoms with Crippen molar-refractivity contribution < 1.29 is 0 Å². The summed E-state index contributed by atoms with van der Waals surface area (Å²) in [6, 6.07) is 0. The quantitative estimate of drug-likeness (QED) is 0.801. The number of hydrogen-bond donors (Lipinski definition) is 1. The van der Waals surface area contributed by atoms with Gasteiger partial charge in [0.05, 0.1) is 5.69 Å². The molecule has 14 heavy (non-hydrogen) atoms. The van der Waals surface area contributed by atoms with Crippen molar-refractivity contribution in [1.82, 2.24) is 15.0 Å². The van der Waals surface area contributed by atoms with Crippen LogP contribution in [0.25, 0.3) is 0 Å². The summed E-state index contributed by atoms with van der Waals surface area (Å²) in [5.74, 6) is 1.64. The van der Waals surface area contributed by atoms with Crippen LogP contribution in [0.5, 0.6) is 0 Å². The van der Waals surface area contributed by atoms with Crippen molar-refractivity contribution in [2.45, 2.75) is 46.6 Å². The van der Waals surface area contributed by atoms with Crippen molar-refractivity contribution in [1.29, 1.82) is 0 Å². The smallest absolute Gasteiger partial charge is 0.169 e. The van der Waals surface area contributed by atoms with Gasteiger partial charge in [-0.2, -0.15) is 0 Å². The van der Waals surface area contributed by atoms with Crippen molar-refractivity contribution in [3.8, 4) is 0 Å². The van der Waals surface area contributed by atoms with Crippen LogP contribution in [-0.2, 0) is 6.54 Å². The number of anilines is 1. The van der Waals surface area contributed by atoms with E-state index in [4.69, 9.17) is 5.73 Å². The maximum atomic E-state index is 5.75. The Hall–Kier alpha value is -1.06. The molecule has 0 unspecified atom stereocenters. The van der Waals surface area contributed by atoms with Gasteiger partial charge < -0.3 is 5.73 Å². The van der Waals surface area contributed by atoms with Gasteiger partial charge >= 0.3 is 0 Å². The van der Waals surface area contributed by atoms with Gasteiger partial charge in [0.1, 0.15) is 0 Å². The predicted octanol–water partition coefficient (Wildman–Crippen LogP) is 2.03.